The van der Waals surface area contributed by atoms with Crippen LogP contribution in [0.1, 0.15) is 46.0 Å². The lowest BCUT2D eigenvalue weighted by Gasteiger charge is -2.08. The molecule has 0 saturated heterocycles. The number of carbonyl (C=O) groups is 3. The van der Waals surface area contributed by atoms with E-state index in [9.17, 15) is 14.4 Å². The van der Waals surface area contributed by atoms with Crippen LogP contribution in [0.15, 0.2) is 22.8 Å². The highest BCUT2D eigenvalue weighted by atomic mass is 16.4. The summed E-state index contributed by atoms with van der Waals surface area (Å²) in [6, 6.07) is 0. The Morgan fingerprint density at radius 1 is 1.21 bits per heavy atom. The van der Waals surface area contributed by atoms with Crippen LogP contribution < -0.4 is 5.32 Å². The zero-order valence-electron chi connectivity index (χ0n) is 11.3. The van der Waals surface area contributed by atoms with Gasteiger partial charge in [0.05, 0.1) is 0 Å². The molecule has 0 saturated carbocycles. The Morgan fingerprint density at radius 2 is 1.68 bits per heavy atom. The number of nitrogens with one attached hydrogen (secondary N) is 1. The minimum absolute atomic E-state index is 0.162. The number of allylic oxidation sites excluding steroid dienone is 1. The smallest absolute Gasteiger partial charge is 0.330 e. The van der Waals surface area contributed by atoms with Gasteiger partial charge in [0.2, 0.25) is 0 Å². The van der Waals surface area contributed by atoms with Gasteiger partial charge in [0.15, 0.2) is 0 Å². The van der Waals surface area contributed by atoms with E-state index in [0.717, 1.165) is 43.3 Å². The minimum atomic E-state index is -0.827. The molecular weight excluding hydrogens is 246 g/mol. The van der Waals surface area contributed by atoms with E-state index in [4.69, 9.17) is 5.11 Å². The molecular formula is C14H19NO4. The van der Waals surface area contributed by atoms with Gasteiger partial charge in [-0.2, -0.15) is 0 Å². The fourth-order valence-electron chi connectivity index (χ4n) is 2.05. The van der Waals surface area contributed by atoms with Gasteiger partial charge in [-0.05, 0) is 39.0 Å². The first-order chi connectivity index (χ1) is 8.97. The van der Waals surface area contributed by atoms with Gasteiger partial charge in [0, 0.05) is 16.7 Å². The highest BCUT2D eigenvalue weighted by molar-refractivity contribution is 6.19. The zero-order chi connectivity index (χ0) is 14.4. The number of carbonyl (C=O) groups excluding carboxylic acids is 2. The summed E-state index contributed by atoms with van der Waals surface area (Å²) in [6.45, 7) is 3.50. The highest BCUT2D eigenvalue weighted by Gasteiger charge is 2.30. The van der Waals surface area contributed by atoms with E-state index in [-0.39, 0.29) is 11.8 Å². The SMILES string of the molecule is CC/C=C(\C)C(=O)O.O=C1NC(=O)C2=C1CCCC2. The molecule has 5 heteroatoms. The van der Waals surface area contributed by atoms with Crippen molar-refractivity contribution in [1.82, 2.24) is 5.32 Å². The normalized spacial score (nSPS) is 18.5. The lowest BCUT2D eigenvalue weighted by molar-refractivity contribution is -0.132. The number of aliphatic carboxylic acids is 1. The second kappa shape index (κ2) is 6.87. The molecule has 0 aromatic carbocycles. The summed E-state index contributed by atoms with van der Waals surface area (Å²) in [5, 5.41) is 10.6. The maximum absolute atomic E-state index is 11.0. The van der Waals surface area contributed by atoms with Crippen LogP contribution in [-0.4, -0.2) is 22.9 Å². The first-order valence-corrected chi connectivity index (χ1v) is 6.45. The molecule has 0 unspecified atom stereocenters. The Hall–Kier alpha value is -1.91. The molecule has 5 nitrogen and oxygen atoms in total. The van der Waals surface area contributed by atoms with Gasteiger partial charge in [-0.15, -0.1) is 0 Å². The van der Waals surface area contributed by atoms with Crippen molar-refractivity contribution in [3.8, 4) is 0 Å². The molecule has 2 aliphatic rings. The Labute approximate surface area is 112 Å². The van der Waals surface area contributed by atoms with Gasteiger partial charge in [0.1, 0.15) is 0 Å². The fraction of sp³-hybridized carbons (Fsp3) is 0.500. The Balaban J connectivity index is 0.000000203. The molecule has 2 N–H and O–H groups in total. The summed E-state index contributed by atoms with van der Waals surface area (Å²) in [5.41, 5.74) is 1.90. The monoisotopic (exact) mass is 265 g/mol. The van der Waals surface area contributed by atoms with Gasteiger partial charge in [0.25, 0.3) is 11.8 Å². The molecule has 2 amide bonds. The van der Waals surface area contributed by atoms with Crippen LogP contribution in [0.3, 0.4) is 0 Å². The largest absolute Gasteiger partial charge is 0.478 e. The van der Waals surface area contributed by atoms with Crippen molar-refractivity contribution in [1.29, 1.82) is 0 Å². The van der Waals surface area contributed by atoms with Crippen LogP contribution in [0.2, 0.25) is 0 Å². The lowest BCUT2D eigenvalue weighted by atomic mass is 9.93. The van der Waals surface area contributed by atoms with Crippen molar-refractivity contribution < 1.29 is 19.5 Å². The molecule has 0 radical (unpaired) electrons. The van der Waals surface area contributed by atoms with Crippen LogP contribution in [-0.2, 0) is 14.4 Å². The molecule has 0 atom stereocenters. The van der Waals surface area contributed by atoms with E-state index in [0.29, 0.717) is 5.57 Å². The molecule has 0 aromatic rings. The van der Waals surface area contributed by atoms with Gasteiger partial charge < -0.3 is 5.11 Å². The highest BCUT2D eigenvalue weighted by Crippen LogP contribution is 2.28. The average molecular weight is 265 g/mol. The van der Waals surface area contributed by atoms with Crippen LogP contribution in [0, 0.1) is 0 Å². The number of amides is 2. The van der Waals surface area contributed by atoms with Crippen LogP contribution in [0.25, 0.3) is 0 Å². The van der Waals surface area contributed by atoms with Crippen LogP contribution >= 0.6 is 0 Å². The Bertz CT molecular complexity index is 434. The second-order valence-electron chi connectivity index (χ2n) is 4.55. The molecule has 104 valence electrons. The number of rotatable bonds is 2. The van der Waals surface area contributed by atoms with E-state index in [2.05, 4.69) is 5.32 Å². The van der Waals surface area contributed by atoms with Crippen molar-refractivity contribution in [2.24, 2.45) is 0 Å². The first-order valence-electron chi connectivity index (χ1n) is 6.45. The van der Waals surface area contributed by atoms with Crippen molar-refractivity contribution in [2.45, 2.75) is 46.0 Å². The Morgan fingerprint density at radius 3 is 2.00 bits per heavy atom. The van der Waals surface area contributed by atoms with E-state index < -0.39 is 5.97 Å². The molecule has 0 fully saturated rings. The van der Waals surface area contributed by atoms with E-state index in [1.165, 1.54) is 0 Å². The summed E-state index contributed by atoms with van der Waals surface area (Å²) in [4.78, 5) is 32.1. The maximum Gasteiger partial charge on any atom is 0.330 e. The van der Waals surface area contributed by atoms with E-state index in [1.54, 1.807) is 13.0 Å². The van der Waals surface area contributed by atoms with Gasteiger partial charge in [-0.3, -0.25) is 14.9 Å². The third-order valence-corrected chi connectivity index (χ3v) is 3.09. The second-order valence-corrected chi connectivity index (χ2v) is 4.55. The minimum Gasteiger partial charge on any atom is -0.478 e. The first kappa shape index (κ1) is 15.1. The quantitative estimate of drug-likeness (QED) is 0.590. The van der Waals surface area contributed by atoms with Crippen molar-refractivity contribution >= 4 is 17.8 Å². The third kappa shape index (κ3) is 4.05. The standard InChI is InChI=1S/C8H9NO2.C6H10O2/c10-7-5-3-1-2-4-6(5)8(11)9-7;1-3-4-5(2)6(7)8/h1-4H2,(H,9,10,11);4H,3H2,1-2H3,(H,7,8)/b;5-4+. The number of imide groups is 1. The fourth-order valence-corrected chi connectivity index (χ4v) is 2.05. The summed E-state index contributed by atoms with van der Waals surface area (Å²) in [7, 11) is 0. The van der Waals surface area contributed by atoms with Crippen molar-refractivity contribution in [3.63, 3.8) is 0 Å². The molecule has 1 aliphatic carbocycles. The van der Waals surface area contributed by atoms with E-state index in [1.807, 2.05) is 6.92 Å². The van der Waals surface area contributed by atoms with Crippen molar-refractivity contribution in [3.05, 3.63) is 22.8 Å². The third-order valence-electron chi connectivity index (χ3n) is 3.09. The van der Waals surface area contributed by atoms with E-state index >= 15 is 0 Å². The van der Waals surface area contributed by atoms with Gasteiger partial charge in [-0.1, -0.05) is 13.0 Å². The predicted octanol–water partition coefficient (Wildman–Crippen LogP) is 1.94. The van der Waals surface area contributed by atoms with Crippen LogP contribution in [0.5, 0.6) is 0 Å². The number of hydrogen-bond donors (Lipinski definition) is 2. The Kier molecular flexibility index (Phi) is 5.48. The predicted molar refractivity (Wildman–Crippen MR) is 70.3 cm³/mol. The number of carboxylic acid groups (broad SMARTS) is 1. The molecule has 2 rings (SSSR count). The average Bonchev–Trinajstić information content (AvgIpc) is 2.67. The number of carboxylic acids is 1. The van der Waals surface area contributed by atoms with Gasteiger partial charge >= 0.3 is 5.97 Å². The molecule has 0 spiro atoms. The molecule has 1 heterocycles. The van der Waals surface area contributed by atoms with Crippen molar-refractivity contribution in [2.75, 3.05) is 0 Å². The molecule has 0 bridgehead atoms. The topological polar surface area (TPSA) is 83.5 Å². The summed E-state index contributed by atoms with van der Waals surface area (Å²) < 4.78 is 0. The zero-order valence-corrected chi connectivity index (χ0v) is 11.3. The van der Waals surface area contributed by atoms with Crippen LogP contribution in [0.4, 0.5) is 0 Å². The molecule has 19 heavy (non-hydrogen) atoms. The summed E-state index contributed by atoms with van der Waals surface area (Å²) in [6.07, 6.45) is 6.12. The molecule has 0 aromatic heterocycles. The summed E-state index contributed by atoms with van der Waals surface area (Å²) in [5.74, 6) is -1.15. The summed E-state index contributed by atoms with van der Waals surface area (Å²) >= 11 is 0. The number of hydrogen-bond acceptors (Lipinski definition) is 3. The van der Waals surface area contributed by atoms with Gasteiger partial charge in [-0.25, -0.2) is 4.79 Å². The maximum atomic E-state index is 11.0. The molecule has 1 aliphatic heterocycles. The lowest BCUT2D eigenvalue weighted by Crippen LogP contribution is -2.22.